The first kappa shape index (κ1) is 22.8. The third kappa shape index (κ3) is 6.08. The molecule has 1 unspecified atom stereocenters. The molecule has 32 heavy (non-hydrogen) atoms. The number of anilines is 2. The monoisotopic (exact) mass is 488 g/mol. The lowest BCUT2D eigenvalue weighted by Gasteiger charge is -2.28. The molecule has 0 bridgehead atoms. The van der Waals surface area contributed by atoms with Crippen LogP contribution in [0, 0.1) is 6.92 Å². The number of aromatic nitrogens is 2. The highest BCUT2D eigenvalue weighted by molar-refractivity contribution is 8.01. The molecule has 4 rings (SSSR count). The fraction of sp³-hybridized carbons (Fsp3) is 0.318. The van der Waals surface area contributed by atoms with Gasteiger partial charge in [-0.15, -0.1) is 10.2 Å². The van der Waals surface area contributed by atoms with Crippen molar-refractivity contribution >= 4 is 49.7 Å². The summed E-state index contributed by atoms with van der Waals surface area (Å²) in [6.45, 7) is 2.42. The van der Waals surface area contributed by atoms with Gasteiger partial charge in [0, 0.05) is 18.3 Å². The molecule has 168 valence electrons. The largest absolute Gasteiger partial charge is 0.334 e. The van der Waals surface area contributed by atoms with Gasteiger partial charge in [0.2, 0.25) is 11.0 Å². The second-order valence-electron chi connectivity index (χ2n) is 7.72. The fourth-order valence-corrected chi connectivity index (χ4v) is 6.98. The molecule has 3 aromatic rings. The number of carbonyl (C=O) groups is 1. The van der Waals surface area contributed by atoms with Gasteiger partial charge in [-0.25, -0.2) is 8.42 Å². The Morgan fingerprint density at radius 1 is 1.19 bits per heavy atom. The Morgan fingerprint density at radius 3 is 2.72 bits per heavy atom. The molecule has 0 aliphatic carbocycles. The van der Waals surface area contributed by atoms with Crippen molar-refractivity contribution in [2.24, 2.45) is 0 Å². The van der Waals surface area contributed by atoms with E-state index in [0.29, 0.717) is 22.4 Å². The van der Waals surface area contributed by atoms with Crippen molar-refractivity contribution in [1.29, 1.82) is 0 Å². The molecular formula is C22H24N4O3S3. The predicted molar refractivity (Wildman–Crippen MR) is 129 cm³/mol. The minimum Gasteiger partial charge on any atom is -0.334 e. The van der Waals surface area contributed by atoms with Crippen LogP contribution in [0.25, 0.3) is 0 Å². The van der Waals surface area contributed by atoms with E-state index in [1.807, 2.05) is 61.5 Å². The average Bonchev–Trinajstić information content (AvgIpc) is 3.36. The highest BCUT2D eigenvalue weighted by atomic mass is 32.2. The van der Waals surface area contributed by atoms with Crippen molar-refractivity contribution in [1.82, 2.24) is 15.1 Å². The quantitative estimate of drug-likeness (QED) is 0.481. The van der Waals surface area contributed by atoms with E-state index in [2.05, 4.69) is 15.5 Å². The van der Waals surface area contributed by atoms with Gasteiger partial charge < -0.3 is 10.2 Å². The second kappa shape index (κ2) is 10.0. The number of rotatable bonds is 8. The molecule has 1 fully saturated rings. The third-order valence-electron chi connectivity index (χ3n) is 5.16. The van der Waals surface area contributed by atoms with E-state index >= 15 is 0 Å². The summed E-state index contributed by atoms with van der Waals surface area (Å²) in [4.78, 5) is 14.8. The molecule has 1 aliphatic rings. The van der Waals surface area contributed by atoms with E-state index in [1.165, 1.54) is 23.1 Å². The minimum absolute atomic E-state index is 0.0274. The van der Waals surface area contributed by atoms with Gasteiger partial charge in [0.1, 0.15) is 0 Å². The van der Waals surface area contributed by atoms with Gasteiger partial charge >= 0.3 is 0 Å². The van der Waals surface area contributed by atoms with Gasteiger partial charge in [-0.2, -0.15) is 0 Å². The lowest BCUT2D eigenvalue weighted by molar-refractivity contribution is -0.130. The Balaban J connectivity index is 1.40. The van der Waals surface area contributed by atoms with Crippen LogP contribution in [0.3, 0.4) is 0 Å². The first-order chi connectivity index (χ1) is 15.4. The van der Waals surface area contributed by atoms with Crippen LogP contribution >= 0.6 is 23.1 Å². The molecule has 1 aliphatic heterocycles. The zero-order valence-electron chi connectivity index (χ0n) is 17.6. The number of hydrogen-bond acceptors (Lipinski definition) is 8. The molecule has 1 N–H and O–H groups in total. The van der Waals surface area contributed by atoms with Gasteiger partial charge in [-0.1, -0.05) is 65.6 Å². The molecule has 10 heteroatoms. The van der Waals surface area contributed by atoms with Gasteiger partial charge in [-0.05, 0) is 36.6 Å². The van der Waals surface area contributed by atoms with Crippen molar-refractivity contribution in [2.75, 3.05) is 22.6 Å². The summed E-state index contributed by atoms with van der Waals surface area (Å²) in [7, 11) is -3.09. The van der Waals surface area contributed by atoms with Gasteiger partial charge in [-0.3, -0.25) is 4.79 Å². The molecular weight excluding hydrogens is 464 g/mol. The van der Waals surface area contributed by atoms with E-state index in [4.69, 9.17) is 0 Å². The van der Waals surface area contributed by atoms with Crippen molar-refractivity contribution in [2.45, 2.75) is 30.3 Å². The van der Waals surface area contributed by atoms with Crippen molar-refractivity contribution in [3.8, 4) is 0 Å². The van der Waals surface area contributed by atoms with Crippen LogP contribution in [-0.4, -0.2) is 52.7 Å². The number of nitrogens with one attached hydrogen (secondary N) is 1. The number of carbonyl (C=O) groups excluding carboxylic acids is 1. The second-order valence-corrected chi connectivity index (χ2v) is 12.1. The summed E-state index contributed by atoms with van der Waals surface area (Å²) in [5.74, 6) is 0.250. The molecule has 0 spiro atoms. The molecule has 0 saturated carbocycles. The lowest BCUT2D eigenvalue weighted by atomic mass is 10.1. The highest BCUT2D eigenvalue weighted by Crippen LogP contribution is 2.29. The number of aryl methyl sites for hydroxylation is 1. The number of sulfone groups is 1. The van der Waals surface area contributed by atoms with Crippen LogP contribution in [-0.2, 0) is 21.2 Å². The van der Waals surface area contributed by atoms with E-state index in [1.54, 1.807) is 4.90 Å². The predicted octanol–water partition coefficient (Wildman–Crippen LogP) is 3.90. The van der Waals surface area contributed by atoms with Gasteiger partial charge in [0.25, 0.3) is 0 Å². The van der Waals surface area contributed by atoms with Crippen LogP contribution < -0.4 is 5.32 Å². The van der Waals surface area contributed by atoms with Crippen LogP contribution in [0.2, 0.25) is 0 Å². The molecule has 1 aromatic heterocycles. The maximum Gasteiger partial charge on any atom is 0.233 e. The van der Waals surface area contributed by atoms with E-state index in [0.717, 1.165) is 16.8 Å². The maximum absolute atomic E-state index is 13.1. The Kier molecular flexibility index (Phi) is 7.12. The number of hydrogen-bond donors (Lipinski definition) is 1. The smallest absolute Gasteiger partial charge is 0.233 e. The summed E-state index contributed by atoms with van der Waals surface area (Å²) in [5, 5.41) is 12.2. The van der Waals surface area contributed by atoms with Crippen molar-refractivity contribution < 1.29 is 13.2 Å². The van der Waals surface area contributed by atoms with Crippen LogP contribution in [0.1, 0.15) is 17.5 Å². The molecule has 1 amide bonds. The first-order valence-electron chi connectivity index (χ1n) is 10.2. The number of thioether (sulfide) groups is 1. The highest BCUT2D eigenvalue weighted by Gasteiger charge is 2.34. The summed E-state index contributed by atoms with van der Waals surface area (Å²) in [6.07, 6.45) is 0.481. The Morgan fingerprint density at radius 2 is 2.00 bits per heavy atom. The normalized spacial score (nSPS) is 17.2. The molecule has 7 nitrogen and oxygen atoms in total. The fourth-order valence-electron chi connectivity index (χ4n) is 3.59. The molecule has 1 saturated heterocycles. The molecule has 2 heterocycles. The minimum atomic E-state index is -3.09. The number of nitrogens with zero attached hydrogens (tertiary/aromatic N) is 3. The Bertz CT molecular complexity index is 1180. The van der Waals surface area contributed by atoms with E-state index in [9.17, 15) is 13.2 Å². The summed E-state index contributed by atoms with van der Waals surface area (Å²) in [6, 6.07) is 17.3. The SMILES string of the molecule is Cc1cccc(Nc2nnc(SCC(=O)N(Cc3ccccc3)C3CCS(=O)(=O)C3)s2)c1. The standard InChI is InChI=1S/C22H24N4O3S3/c1-16-6-5-9-18(12-16)23-21-24-25-22(31-21)30-14-20(27)26(13-17-7-3-2-4-8-17)19-10-11-32(28,29)15-19/h2-9,12,19H,10-11,13-15H2,1H3,(H,23,24). The number of amides is 1. The molecule has 0 radical (unpaired) electrons. The lowest BCUT2D eigenvalue weighted by Crippen LogP contribution is -2.41. The molecule has 2 aromatic carbocycles. The first-order valence-corrected chi connectivity index (χ1v) is 13.8. The summed E-state index contributed by atoms with van der Waals surface area (Å²) >= 11 is 2.71. The number of benzene rings is 2. The Labute approximate surface area is 196 Å². The zero-order valence-corrected chi connectivity index (χ0v) is 20.0. The van der Waals surface area contributed by atoms with Gasteiger partial charge in [0.15, 0.2) is 14.2 Å². The summed E-state index contributed by atoms with van der Waals surface area (Å²) < 4.78 is 24.7. The van der Waals surface area contributed by atoms with Crippen LogP contribution in [0.15, 0.2) is 58.9 Å². The van der Waals surface area contributed by atoms with Crippen LogP contribution in [0.4, 0.5) is 10.8 Å². The topological polar surface area (TPSA) is 92.3 Å². The van der Waals surface area contributed by atoms with E-state index < -0.39 is 9.84 Å². The molecule has 1 atom stereocenters. The third-order valence-corrected chi connectivity index (χ3v) is 8.87. The van der Waals surface area contributed by atoms with Crippen LogP contribution in [0.5, 0.6) is 0 Å². The summed E-state index contributed by atoms with van der Waals surface area (Å²) in [5.41, 5.74) is 3.06. The Hall–Kier alpha value is -2.43. The van der Waals surface area contributed by atoms with Gasteiger partial charge in [0.05, 0.1) is 17.3 Å². The zero-order chi connectivity index (χ0) is 22.6. The average molecular weight is 489 g/mol. The maximum atomic E-state index is 13.1. The van der Waals surface area contributed by atoms with E-state index in [-0.39, 0.29) is 29.2 Å². The van der Waals surface area contributed by atoms with Crippen molar-refractivity contribution in [3.63, 3.8) is 0 Å². The van der Waals surface area contributed by atoms with Crippen molar-refractivity contribution in [3.05, 3.63) is 65.7 Å².